The van der Waals surface area contributed by atoms with Crippen molar-refractivity contribution in [1.82, 2.24) is 10.2 Å². The molecule has 1 aromatic heterocycles. The number of hydrogen-bond acceptors (Lipinski definition) is 5. The highest BCUT2D eigenvalue weighted by Gasteiger charge is 2.20. The third-order valence-electron chi connectivity index (χ3n) is 2.68. The van der Waals surface area contributed by atoms with Crippen molar-refractivity contribution in [2.24, 2.45) is 0 Å². The van der Waals surface area contributed by atoms with Crippen LogP contribution in [0.15, 0.2) is 30.3 Å². The number of anilines is 1. The maximum absolute atomic E-state index is 12.2. The molecule has 0 unspecified atom stereocenters. The fraction of sp³-hybridized carbons (Fsp3) is 0.154. The molecule has 2 heterocycles. The Hall–Kier alpha value is -2.34. The molecule has 0 aliphatic carbocycles. The summed E-state index contributed by atoms with van der Waals surface area (Å²) < 4.78 is 10.9. The molecule has 2 aromatic rings. The van der Waals surface area contributed by atoms with Gasteiger partial charge in [-0.2, -0.15) is 0 Å². The first-order valence-corrected chi connectivity index (χ1v) is 6.31. The number of nitrogens with zero attached hydrogens (tertiary/aromatic N) is 2. The average Bonchev–Trinajstić information content (AvgIpc) is 2.49. The number of hydrogen-bond donors (Lipinski definition) is 1. The number of ether oxygens (including phenoxy) is 2. The van der Waals surface area contributed by atoms with Gasteiger partial charge in [-0.25, -0.2) is 0 Å². The van der Waals surface area contributed by atoms with E-state index in [1.807, 2.05) is 0 Å². The Morgan fingerprint density at radius 1 is 1.15 bits per heavy atom. The van der Waals surface area contributed by atoms with Gasteiger partial charge in [0.25, 0.3) is 5.91 Å². The first-order chi connectivity index (χ1) is 9.74. The van der Waals surface area contributed by atoms with Crippen LogP contribution in [-0.2, 0) is 0 Å². The van der Waals surface area contributed by atoms with E-state index in [1.54, 1.807) is 30.3 Å². The molecule has 1 aliphatic rings. The zero-order valence-electron chi connectivity index (χ0n) is 10.3. The number of aromatic nitrogens is 2. The molecule has 6 nitrogen and oxygen atoms in total. The largest absolute Gasteiger partial charge is 0.486 e. The smallest absolute Gasteiger partial charge is 0.260 e. The normalized spacial score (nSPS) is 12.8. The van der Waals surface area contributed by atoms with Gasteiger partial charge in [0.15, 0.2) is 22.5 Å². The minimum Gasteiger partial charge on any atom is -0.486 e. The van der Waals surface area contributed by atoms with Gasteiger partial charge in [0.05, 0.1) is 5.56 Å². The van der Waals surface area contributed by atoms with Crippen LogP contribution in [0.3, 0.4) is 0 Å². The fourth-order valence-electron chi connectivity index (χ4n) is 1.82. The average molecular weight is 292 g/mol. The summed E-state index contributed by atoms with van der Waals surface area (Å²) >= 11 is 5.64. The van der Waals surface area contributed by atoms with Crippen molar-refractivity contribution in [2.45, 2.75) is 0 Å². The van der Waals surface area contributed by atoms with Gasteiger partial charge in [-0.15, -0.1) is 10.2 Å². The Morgan fingerprint density at radius 2 is 2.00 bits per heavy atom. The summed E-state index contributed by atoms with van der Waals surface area (Å²) in [4.78, 5) is 12.2. The number of fused-ring (bicyclic) bond motifs is 1. The predicted octanol–water partition coefficient (Wildman–Crippen LogP) is 2.15. The summed E-state index contributed by atoms with van der Waals surface area (Å²) in [5.41, 5.74) is 0.388. The molecule has 0 saturated carbocycles. The zero-order chi connectivity index (χ0) is 13.9. The molecule has 0 atom stereocenters. The second kappa shape index (κ2) is 5.34. The summed E-state index contributed by atoms with van der Waals surface area (Å²) in [6.45, 7) is 0.888. The lowest BCUT2D eigenvalue weighted by atomic mass is 10.1. The first kappa shape index (κ1) is 12.7. The van der Waals surface area contributed by atoms with E-state index in [1.165, 1.54) is 0 Å². The van der Waals surface area contributed by atoms with Crippen LogP contribution >= 0.6 is 11.6 Å². The van der Waals surface area contributed by atoms with Gasteiger partial charge in [-0.1, -0.05) is 17.7 Å². The van der Waals surface area contributed by atoms with Gasteiger partial charge < -0.3 is 14.8 Å². The minimum absolute atomic E-state index is 0.261. The van der Waals surface area contributed by atoms with Crippen LogP contribution in [0.1, 0.15) is 10.4 Å². The van der Waals surface area contributed by atoms with Crippen molar-refractivity contribution in [1.29, 1.82) is 0 Å². The van der Waals surface area contributed by atoms with E-state index in [9.17, 15) is 4.79 Å². The standard InChI is InChI=1S/C13H10ClN3O3/c14-10-4-5-11(17-16-10)15-13(18)8-2-1-3-9-12(8)20-7-6-19-9/h1-5H,6-7H2,(H,15,17,18). The van der Waals surface area contributed by atoms with E-state index in [2.05, 4.69) is 15.5 Å². The quantitative estimate of drug-likeness (QED) is 0.918. The van der Waals surface area contributed by atoms with Gasteiger partial charge in [-0.3, -0.25) is 4.79 Å². The summed E-state index contributed by atoms with van der Waals surface area (Å²) in [6, 6.07) is 8.26. The lowest BCUT2D eigenvalue weighted by Gasteiger charge is -2.20. The molecule has 1 aromatic carbocycles. The van der Waals surface area contributed by atoms with Crippen molar-refractivity contribution in [3.8, 4) is 11.5 Å². The molecule has 1 aliphatic heterocycles. The second-order valence-corrected chi connectivity index (χ2v) is 4.41. The molecule has 0 saturated heterocycles. The number of para-hydroxylation sites is 1. The Balaban J connectivity index is 1.85. The molecule has 1 amide bonds. The molecule has 0 bridgehead atoms. The predicted molar refractivity (Wildman–Crippen MR) is 72.4 cm³/mol. The van der Waals surface area contributed by atoms with Crippen LogP contribution in [0.4, 0.5) is 5.82 Å². The van der Waals surface area contributed by atoms with Gasteiger partial charge in [0.2, 0.25) is 0 Å². The Kier molecular flexibility index (Phi) is 3.39. The van der Waals surface area contributed by atoms with Crippen LogP contribution in [0, 0.1) is 0 Å². The van der Waals surface area contributed by atoms with Gasteiger partial charge in [0, 0.05) is 0 Å². The van der Waals surface area contributed by atoms with E-state index < -0.39 is 0 Å². The van der Waals surface area contributed by atoms with Crippen molar-refractivity contribution in [2.75, 3.05) is 18.5 Å². The molecule has 0 spiro atoms. The number of nitrogens with one attached hydrogen (secondary N) is 1. The van der Waals surface area contributed by atoms with Crippen LogP contribution in [0.25, 0.3) is 0 Å². The summed E-state index contributed by atoms with van der Waals surface area (Å²) in [7, 11) is 0. The molecule has 102 valence electrons. The van der Waals surface area contributed by atoms with Crippen LogP contribution < -0.4 is 14.8 Å². The van der Waals surface area contributed by atoms with Gasteiger partial charge >= 0.3 is 0 Å². The molecular formula is C13H10ClN3O3. The second-order valence-electron chi connectivity index (χ2n) is 4.03. The van der Waals surface area contributed by atoms with E-state index in [0.717, 1.165) is 0 Å². The van der Waals surface area contributed by atoms with E-state index in [0.29, 0.717) is 36.1 Å². The lowest BCUT2D eigenvalue weighted by Crippen LogP contribution is -2.20. The summed E-state index contributed by atoms with van der Waals surface area (Å²) in [5.74, 6) is 0.974. The first-order valence-electron chi connectivity index (χ1n) is 5.93. The van der Waals surface area contributed by atoms with Crippen molar-refractivity contribution in [3.05, 3.63) is 41.0 Å². The molecule has 7 heteroatoms. The maximum atomic E-state index is 12.2. The highest BCUT2D eigenvalue weighted by Crippen LogP contribution is 2.33. The van der Waals surface area contributed by atoms with E-state index in [4.69, 9.17) is 21.1 Å². The number of carbonyl (C=O) groups is 1. The molecule has 0 radical (unpaired) electrons. The maximum Gasteiger partial charge on any atom is 0.260 e. The third-order valence-corrected chi connectivity index (χ3v) is 2.89. The molecule has 1 N–H and O–H groups in total. The van der Waals surface area contributed by atoms with Crippen LogP contribution in [-0.4, -0.2) is 29.3 Å². The Bertz CT molecular complexity index is 646. The highest BCUT2D eigenvalue weighted by atomic mass is 35.5. The number of benzene rings is 1. The van der Waals surface area contributed by atoms with Gasteiger partial charge in [-0.05, 0) is 24.3 Å². The van der Waals surface area contributed by atoms with Crippen LogP contribution in [0.5, 0.6) is 11.5 Å². The molecule has 3 rings (SSSR count). The Morgan fingerprint density at radius 3 is 2.80 bits per heavy atom. The van der Waals surface area contributed by atoms with Crippen molar-refractivity contribution >= 4 is 23.3 Å². The van der Waals surface area contributed by atoms with Gasteiger partial charge in [0.1, 0.15) is 13.2 Å². The van der Waals surface area contributed by atoms with Crippen molar-refractivity contribution < 1.29 is 14.3 Å². The monoisotopic (exact) mass is 291 g/mol. The number of rotatable bonds is 2. The number of halogens is 1. The number of carbonyl (C=O) groups excluding carboxylic acids is 1. The molecule has 0 fully saturated rings. The lowest BCUT2D eigenvalue weighted by molar-refractivity contribution is 0.101. The van der Waals surface area contributed by atoms with E-state index in [-0.39, 0.29) is 11.1 Å². The third kappa shape index (κ3) is 2.50. The Labute approximate surface area is 119 Å². The summed E-state index contributed by atoms with van der Waals surface area (Å²) in [5, 5.41) is 10.3. The SMILES string of the molecule is O=C(Nc1ccc(Cl)nn1)c1cccc2c1OCCO2. The molecular weight excluding hydrogens is 282 g/mol. The highest BCUT2D eigenvalue weighted by molar-refractivity contribution is 6.29. The van der Waals surface area contributed by atoms with Crippen molar-refractivity contribution in [3.63, 3.8) is 0 Å². The zero-order valence-corrected chi connectivity index (χ0v) is 11.1. The summed E-state index contributed by atoms with van der Waals surface area (Å²) in [6.07, 6.45) is 0. The fourth-order valence-corrected chi connectivity index (χ4v) is 1.92. The number of amides is 1. The van der Waals surface area contributed by atoms with E-state index >= 15 is 0 Å². The molecule has 20 heavy (non-hydrogen) atoms. The topological polar surface area (TPSA) is 73.3 Å². The van der Waals surface area contributed by atoms with Crippen LogP contribution in [0.2, 0.25) is 5.15 Å². The minimum atomic E-state index is -0.344.